The van der Waals surface area contributed by atoms with Crippen molar-refractivity contribution in [3.05, 3.63) is 48.5 Å². The van der Waals surface area contributed by atoms with Gasteiger partial charge in [0.1, 0.15) is 6.17 Å². The summed E-state index contributed by atoms with van der Waals surface area (Å²) in [5.74, 6) is 1.10. The molecule has 7 heteroatoms. The Morgan fingerprint density at radius 3 is 2.93 bits per heavy atom. The second kappa shape index (κ2) is 7.78. The van der Waals surface area contributed by atoms with Crippen molar-refractivity contribution >= 4 is 50.2 Å². The lowest BCUT2D eigenvalue weighted by Gasteiger charge is -2.22. The molecule has 1 aliphatic heterocycles. The number of urea groups is 1. The third-order valence-corrected chi connectivity index (χ3v) is 6.66. The lowest BCUT2D eigenvalue weighted by atomic mass is 10.3. The third-order valence-electron chi connectivity index (χ3n) is 4.42. The summed E-state index contributed by atoms with van der Waals surface area (Å²) in [5.41, 5.74) is 1.95. The highest BCUT2D eigenvalue weighted by Crippen LogP contribution is 2.33. The molecule has 27 heavy (non-hydrogen) atoms. The number of hydrogen-bond acceptors (Lipinski definition) is 5. The Morgan fingerprint density at radius 2 is 2.11 bits per heavy atom. The monoisotopic (exact) mass is 398 g/mol. The first-order valence-corrected chi connectivity index (χ1v) is 10.8. The van der Waals surface area contributed by atoms with Gasteiger partial charge in [-0.3, -0.25) is 0 Å². The molecule has 3 aromatic rings. The number of anilines is 2. The number of nitrogens with zero attached hydrogens (tertiary/aromatic N) is 3. The number of rotatable bonds is 6. The fourth-order valence-corrected chi connectivity index (χ4v) is 4.95. The molecule has 0 aliphatic carbocycles. The van der Waals surface area contributed by atoms with Gasteiger partial charge in [0.05, 0.1) is 16.8 Å². The molecule has 2 aromatic carbocycles. The van der Waals surface area contributed by atoms with Crippen LogP contribution in [-0.2, 0) is 0 Å². The van der Waals surface area contributed by atoms with E-state index in [-0.39, 0.29) is 12.2 Å². The molecule has 0 spiro atoms. The Kier molecular flexibility index (Phi) is 5.22. The van der Waals surface area contributed by atoms with Crippen molar-refractivity contribution in [2.24, 2.45) is 0 Å². The number of thiazole rings is 1. The summed E-state index contributed by atoms with van der Waals surface area (Å²) in [6.07, 6.45) is 1.00. The van der Waals surface area contributed by atoms with Gasteiger partial charge in [0.25, 0.3) is 0 Å². The summed E-state index contributed by atoms with van der Waals surface area (Å²) in [4.78, 5) is 22.2. The molecule has 0 radical (unpaired) electrons. The number of hydrogen-bond donors (Lipinski definition) is 1. The molecular formula is C20H22N4OS2. The predicted octanol–water partition coefficient (Wildman–Crippen LogP) is 5.11. The number of carbonyl (C=O) groups excluding carboxylic acids is 1. The normalized spacial score (nSPS) is 17.1. The summed E-state index contributed by atoms with van der Waals surface area (Å²) < 4.78 is 1.09. The topological polar surface area (TPSA) is 48.5 Å². The van der Waals surface area contributed by atoms with Crippen LogP contribution >= 0.6 is 23.1 Å². The van der Waals surface area contributed by atoms with Gasteiger partial charge in [-0.1, -0.05) is 36.5 Å². The summed E-state index contributed by atoms with van der Waals surface area (Å²) in [5, 5.41) is 4.26. The highest BCUT2D eigenvalue weighted by molar-refractivity contribution is 7.99. The largest absolute Gasteiger partial charge is 0.363 e. The Labute approximate surface area is 167 Å². The quantitative estimate of drug-likeness (QED) is 0.586. The van der Waals surface area contributed by atoms with Gasteiger partial charge in [0, 0.05) is 17.6 Å². The number of fused-ring (bicyclic) bond motifs is 1. The van der Waals surface area contributed by atoms with Gasteiger partial charge in [-0.15, -0.1) is 11.8 Å². The standard InChI is InChI=1S/C20H22N4OS2/c1-3-11-26-15-8-6-7-14(12-15)21-18-13-23(2)20(25)24(18)19-22-16-9-4-5-10-17(16)27-19/h4-10,12,18,21H,3,11,13H2,1-2H3. The van der Waals surface area contributed by atoms with Crippen molar-refractivity contribution in [2.45, 2.75) is 24.4 Å². The highest BCUT2D eigenvalue weighted by atomic mass is 32.2. The third kappa shape index (κ3) is 3.75. The molecule has 0 saturated carbocycles. The molecule has 0 bridgehead atoms. The zero-order valence-electron chi connectivity index (χ0n) is 15.4. The first-order valence-electron chi connectivity index (χ1n) is 9.05. The molecule has 2 heterocycles. The Hall–Kier alpha value is -2.25. The molecule has 1 unspecified atom stereocenters. The SMILES string of the molecule is CCCSc1cccc(NC2CN(C)C(=O)N2c2nc3ccccc3s2)c1. The molecule has 1 saturated heterocycles. The smallest absolute Gasteiger partial charge is 0.327 e. The van der Waals surface area contributed by atoms with E-state index in [2.05, 4.69) is 41.5 Å². The first-order chi connectivity index (χ1) is 13.2. The molecule has 1 aromatic heterocycles. The number of nitrogens with one attached hydrogen (secondary N) is 1. The molecular weight excluding hydrogens is 376 g/mol. The number of thioether (sulfide) groups is 1. The zero-order valence-corrected chi connectivity index (χ0v) is 17.0. The van der Waals surface area contributed by atoms with Crippen LogP contribution in [0.4, 0.5) is 15.6 Å². The molecule has 140 valence electrons. The maximum absolute atomic E-state index is 12.8. The lowest BCUT2D eigenvalue weighted by Crippen LogP contribution is -2.39. The van der Waals surface area contributed by atoms with Crippen LogP contribution in [-0.4, -0.2) is 41.4 Å². The van der Waals surface area contributed by atoms with Gasteiger partial charge >= 0.3 is 6.03 Å². The zero-order chi connectivity index (χ0) is 18.8. The van der Waals surface area contributed by atoms with Crippen LogP contribution < -0.4 is 10.2 Å². The van der Waals surface area contributed by atoms with Crippen molar-refractivity contribution in [1.82, 2.24) is 9.88 Å². The number of carbonyl (C=O) groups is 1. The van der Waals surface area contributed by atoms with Crippen LogP contribution in [0.25, 0.3) is 10.2 Å². The van der Waals surface area contributed by atoms with Crippen LogP contribution in [0.5, 0.6) is 0 Å². The van der Waals surface area contributed by atoms with Crippen LogP contribution in [0.3, 0.4) is 0 Å². The van der Waals surface area contributed by atoms with E-state index in [1.54, 1.807) is 21.1 Å². The maximum atomic E-state index is 12.8. The van der Waals surface area contributed by atoms with E-state index in [1.165, 1.54) is 4.90 Å². The summed E-state index contributed by atoms with van der Waals surface area (Å²) in [7, 11) is 1.83. The van der Waals surface area contributed by atoms with E-state index in [9.17, 15) is 4.79 Å². The molecule has 2 amide bonds. The fraction of sp³-hybridized carbons (Fsp3) is 0.300. The Balaban J connectivity index is 1.60. The van der Waals surface area contributed by atoms with Gasteiger partial charge < -0.3 is 10.2 Å². The second-order valence-corrected chi connectivity index (χ2v) is 8.71. The second-order valence-electron chi connectivity index (χ2n) is 6.53. The minimum Gasteiger partial charge on any atom is -0.363 e. The number of benzene rings is 2. The maximum Gasteiger partial charge on any atom is 0.327 e. The van der Waals surface area contributed by atoms with Crippen LogP contribution in [0.1, 0.15) is 13.3 Å². The summed E-state index contributed by atoms with van der Waals surface area (Å²) in [6.45, 7) is 2.80. The summed E-state index contributed by atoms with van der Waals surface area (Å²) >= 11 is 3.40. The van der Waals surface area contributed by atoms with Crippen molar-refractivity contribution < 1.29 is 4.79 Å². The fourth-order valence-electron chi connectivity index (χ4n) is 3.11. The Bertz CT molecular complexity index is 925. The van der Waals surface area contributed by atoms with Crippen molar-refractivity contribution in [3.63, 3.8) is 0 Å². The first kappa shape index (κ1) is 18.1. The van der Waals surface area contributed by atoms with E-state index < -0.39 is 0 Å². The van der Waals surface area contributed by atoms with E-state index in [0.29, 0.717) is 6.54 Å². The Morgan fingerprint density at radius 1 is 1.26 bits per heavy atom. The minimum absolute atomic E-state index is 0.0249. The van der Waals surface area contributed by atoms with Gasteiger partial charge in [-0.05, 0) is 42.5 Å². The van der Waals surface area contributed by atoms with Crippen LogP contribution in [0.2, 0.25) is 0 Å². The van der Waals surface area contributed by atoms with Gasteiger partial charge in [0.2, 0.25) is 0 Å². The molecule has 1 N–H and O–H groups in total. The molecule has 5 nitrogen and oxygen atoms in total. The predicted molar refractivity (Wildman–Crippen MR) is 115 cm³/mol. The number of amides is 2. The molecule has 4 rings (SSSR count). The van der Waals surface area contributed by atoms with Gasteiger partial charge in [0.15, 0.2) is 5.13 Å². The highest BCUT2D eigenvalue weighted by Gasteiger charge is 2.38. The molecule has 1 aliphatic rings. The van der Waals surface area contributed by atoms with Crippen molar-refractivity contribution in [1.29, 1.82) is 0 Å². The molecule has 1 atom stereocenters. The van der Waals surface area contributed by atoms with Crippen molar-refractivity contribution in [2.75, 3.05) is 29.6 Å². The number of aromatic nitrogens is 1. The van der Waals surface area contributed by atoms with E-state index in [4.69, 9.17) is 0 Å². The van der Waals surface area contributed by atoms with Gasteiger partial charge in [-0.25, -0.2) is 14.7 Å². The minimum atomic E-state index is -0.144. The van der Waals surface area contributed by atoms with E-state index in [0.717, 1.165) is 33.2 Å². The number of para-hydroxylation sites is 1. The molecule has 1 fully saturated rings. The van der Waals surface area contributed by atoms with Crippen LogP contribution in [0.15, 0.2) is 53.4 Å². The van der Waals surface area contributed by atoms with E-state index >= 15 is 0 Å². The van der Waals surface area contributed by atoms with Crippen LogP contribution in [0, 0.1) is 0 Å². The van der Waals surface area contributed by atoms with Crippen molar-refractivity contribution in [3.8, 4) is 0 Å². The van der Waals surface area contributed by atoms with Gasteiger partial charge in [-0.2, -0.15) is 0 Å². The lowest BCUT2D eigenvalue weighted by molar-refractivity contribution is 0.229. The summed E-state index contributed by atoms with van der Waals surface area (Å²) in [6, 6.07) is 16.4. The average Bonchev–Trinajstić information content (AvgIpc) is 3.21. The average molecular weight is 399 g/mol. The number of likely N-dealkylation sites (N-methyl/N-ethyl adjacent to an activating group) is 1. The van der Waals surface area contributed by atoms with E-state index in [1.807, 2.05) is 43.1 Å².